The highest BCUT2D eigenvalue weighted by Crippen LogP contribution is 2.35. The Hall–Kier alpha value is -2.13. The van der Waals surface area contributed by atoms with Crippen LogP contribution in [0.5, 0.6) is 5.75 Å². The Labute approximate surface area is 171 Å². The van der Waals surface area contributed by atoms with E-state index in [0.29, 0.717) is 19.6 Å². The van der Waals surface area contributed by atoms with E-state index >= 15 is 0 Å². The van der Waals surface area contributed by atoms with Crippen molar-refractivity contribution in [3.8, 4) is 5.75 Å². The van der Waals surface area contributed by atoms with Gasteiger partial charge in [0.05, 0.1) is 17.6 Å². The Kier molecular flexibility index (Phi) is 7.06. The highest BCUT2D eigenvalue weighted by Gasteiger charge is 2.39. The summed E-state index contributed by atoms with van der Waals surface area (Å²) in [4.78, 5) is 11.6. The standard InChI is InChI=1S/C19H23N3O4S.ClH/c1-26-18-8-7-15(9-16(18)19(21)23)27(24,25)22-11-14(10-20)17(12-22)13-5-3-2-4-6-13;/h2-9,14,17H,10-12,20H2,1H3,(H2,21,23);1H/t14-,17+;/m1./s1. The van der Waals surface area contributed by atoms with Crippen LogP contribution in [-0.4, -0.2) is 45.4 Å². The van der Waals surface area contributed by atoms with Gasteiger partial charge in [0.2, 0.25) is 10.0 Å². The van der Waals surface area contributed by atoms with Gasteiger partial charge in [0, 0.05) is 19.0 Å². The van der Waals surface area contributed by atoms with Gasteiger partial charge in [0.1, 0.15) is 5.75 Å². The SMILES string of the molecule is COc1ccc(S(=O)(=O)N2C[C@@H](CN)[C@H](c3ccccc3)C2)cc1C(N)=O.Cl. The van der Waals surface area contributed by atoms with Gasteiger partial charge in [-0.1, -0.05) is 30.3 Å². The van der Waals surface area contributed by atoms with Gasteiger partial charge in [-0.05, 0) is 36.2 Å². The molecule has 0 saturated carbocycles. The molecule has 1 heterocycles. The third-order valence-corrected chi connectivity index (χ3v) is 6.84. The Morgan fingerprint density at radius 3 is 2.43 bits per heavy atom. The van der Waals surface area contributed by atoms with E-state index in [1.54, 1.807) is 0 Å². The minimum Gasteiger partial charge on any atom is -0.496 e. The molecular weight excluding hydrogens is 402 g/mol. The number of methoxy groups -OCH3 is 1. The first kappa shape index (κ1) is 22.2. The lowest BCUT2D eigenvalue weighted by molar-refractivity contribution is 0.0997. The second-order valence-electron chi connectivity index (χ2n) is 6.56. The summed E-state index contributed by atoms with van der Waals surface area (Å²) < 4.78 is 32.8. The number of carbonyl (C=O) groups is 1. The number of benzene rings is 2. The molecule has 1 amide bonds. The van der Waals surface area contributed by atoms with Crippen molar-refractivity contribution in [1.29, 1.82) is 0 Å². The summed E-state index contributed by atoms with van der Waals surface area (Å²) >= 11 is 0. The number of primary amides is 1. The molecule has 4 N–H and O–H groups in total. The molecule has 0 spiro atoms. The molecule has 9 heteroatoms. The van der Waals surface area contributed by atoms with Crippen LogP contribution >= 0.6 is 12.4 Å². The number of ether oxygens (including phenoxy) is 1. The topological polar surface area (TPSA) is 116 Å². The third kappa shape index (κ3) is 4.15. The van der Waals surface area contributed by atoms with E-state index in [4.69, 9.17) is 16.2 Å². The summed E-state index contributed by atoms with van der Waals surface area (Å²) in [5, 5.41) is 0. The van der Waals surface area contributed by atoms with Crippen molar-refractivity contribution in [2.24, 2.45) is 17.4 Å². The van der Waals surface area contributed by atoms with Gasteiger partial charge in [-0.2, -0.15) is 4.31 Å². The molecule has 0 aromatic heterocycles. The van der Waals surface area contributed by atoms with E-state index in [2.05, 4.69) is 0 Å². The number of hydrogen-bond donors (Lipinski definition) is 2. The summed E-state index contributed by atoms with van der Waals surface area (Å²) in [5.74, 6) is -0.451. The average Bonchev–Trinajstić information content (AvgIpc) is 3.13. The fourth-order valence-electron chi connectivity index (χ4n) is 3.53. The maximum absolute atomic E-state index is 13.1. The van der Waals surface area contributed by atoms with E-state index in [-0.39, 0.29) is 40.5 Å². The van der Waals surface area contributed by atoms with Crippen LogP contribution < -0.4 is 16.2 Å². The van der Waals surface area contributed by atoms with E-state index < -0.39 is 15.9 Å². The smallest absolute Gasteiger partial charge is 0.252 e. The first-order chi connectivity index (χ1) is 12.9. The van der Waals surface area contributed by atoms with Crippen molar-refractivity contribution in [3.05, 3.63) is 59.7 Å². The highest BCUT2D eigenvalue weighted by atomic mass is 35.5. The molecule has 2 atom stereocenters. The van der Waals surface area contributed by atoms with Crippen LogP contribution in [0.25, 0.3) is 0 Å². The number of hydrogen-bond acceptors (Lipinski definition) is 5. The molecule has 1 saturated heterocycles. The zero-order valence-electron chi connectivity index (χ0n) is 15.4. The Morgan fingerprint density at radius 2 is 1.86 bits per heavy atom. The minimum atomic E-state index is -3.79. The zero-order chi connectivity index (χ0) is 19.6. The molecule has 0 unspecified atom stereocenters. The number of sulfonamides is 1. The van der Waals surface area contributed by atoms with Gasteiger partial charge in [-0.15, -0.1) is 12.4 Å². The van der Waals surface area contributed by atoms with Gasteiger partial charge in [0.15, 0.2) is 0 Å². The number of halogens is 1. The Morgan fingerprint density at radius 1 is 1.18 bits per heavy atom. The van der Waals surface area contributed by atoms with Gasteiger partial charge in [-0.25, -0.2) is 8.42 Å². The fraction of sp³-hybridized carbons (Fsp3) is 0.316. The number of nitrogens with two attached hydrogens (primary N) is 2. The largest absolute Gasteiger partial charge is 0.496 e. The van der Waals surface area contributed by atoms with Crippen molar-refractivity contribution in [2.45, 2.75) is 10.8 Å². The van der Waals surface area contributed by atoms with Crippen molar-refractivity contribution in [3.63, 3.8) is 0 Å². The van der Waals surface area contributed by atoms with Gasteiger partial charge in [-0.3, -0.25) is 4.79 Å². The predicted octanol–water partition coefficient (Wildman–Crippen LogP) is 1.58. The lowest BCUT2D eigenvalue weighted by Crippen LogP contribution is -2.30. The number of carbonyl (C=O) groups excluding carboxylic acids is 1. The second kappa shape index (κ2) is 8.91. The summed E-state index contributed by atoms with van der Waals surface area (Å²) in [7, 11) is -2.39. The molecule has 2 aromatic rings. The monoisotopic (exact) mass is 425 g/mol. The third-order valence-electron chi connectivity index (χ3n) is 5.01. The van der Waals surface area contributed by atoms with Crippen LogP contribution in [0.15, 0.2) is 53.4 Å². The predicted molar refractivity (Wildman–Crippen MR) is 109 cm³/mol. The van der Waals surface area contributed by atoms with E-state index in [1.807, 2.05) is 30.3 Å². The summed E-state index contributed by atoms with van der Waals surface area (Å²) in [6.45, 7) is 1.06. The quantitative estimate of drug-likeness (QED) is 0.728. The first-order valence-corrected chi connectivity index (χ1v) is 10.1. The average molecular weight is 426 g/mol. The molecule has 0 bridgehead atoms. The molecule has 3 rings (SSSR count). The molecule has 152 valence electrons. The van der Waals surface area contributed by atoms with Crippen LogP contribution in [0.1, 0.15) is 21.8 Å². The fourth-order valence-corrected chi connectivity index (χ4v) is 5.08. The minimum absolute atomic E-state index is 0. The Bertz CT molecular complexity index is 937. The van der Waals surface area contributed by atoms with E-state index in [0.717, 1.165) is 5.56 Å². The zero-order valence-corrected chi connectivity index (χ0v) is 17.1. The summed E-state index contributed by atoms with van der Waals surface area (Å²) in [6.07, 6.45) is 0. The molecule has 1 aliphatic heterocycles. The van der Waals surface area contributed by atoms with Crippen LogP contribution in [0.3, 0.4) is 0 Å². The van der Waals surface area contributed by atoms with Gasteiger partial charge < -0.3 is 16.2 Å². The Balaban J connectivity index is 0.00000280. The first-order valence-electron chi connectivity index (χ1n) is 8.61. The molecule has 0 aliphatic carbocycles. The highest BCUT2D eigenvalue weighted by molar-refractivity contribution is 7.89. The number of amides is 1. The molecule has 7 nitrogen and oxygen atoms in total. The van der Waals surface area contributed by atoms with E-state index in [9.17, 15) is 13.2 Å². The number of nitrogens with zero attached hydrogens (tertiary/aromatic N) is 1. The van der Waals surface area contributed by atoms with E-state index in [1.165, 1.54) is 29.6 Å². The molecule has 2 aromatic carbocycles. The molecule has 1 aliphatic rings. The van der Waals surface area contributed by atoms with Crippen LogP contribution in [-0.2, 0) is 10.0 Å². The lowest BCUT2D eigenvalue weighted by Gasteiger charge is -2.18. The van der Waals surface area contributed by atoms with Crippen LogP contribution in [0.4, 0.5) is 0 Å². The molecule has 0 radical (unpaired) electrons. The van der Waals surface area contributed by atoms with Crippen molar-refractivity contribution < 1.29 is 17.9 Å². The molecular formula is C19H24ClN3O4S. The molecule has 28 heavy (non-hydrogen) atoms. The van der Waals surface area contributed by atoms with Gasteiger partial charge >= 0.3 is 0 Å². The van der Waals surface area contributed by atoms with Gasteiger partial charge in [0.25, 0.3) is 5.91 Å². The summed E-state index contributed by atoms with van der Waals surface area (Å²) in [6, 6.07) is 13.9. The lowest BCUT2D eigenvalue weighted by atomic mass is 9.89. The second-order valence-corrected chi connectivity index (χ2v) is 8.50. The molecule has 1 fully saturated rings. The van der Waals surface area contributed by atoms with Crippen LogP contribution in [0.2, 0.25) is 0 Å². The normalized spacial score (nSPS) is 19.8. The van der Waals surface area contributed by atoms with Crippen molar-refractivity contribution in [1.82, 2.24) is 4.31 Å². The maximum Gasteiger partial charge on any atom is 0.252 e. The number of rotatable bonds is 6. The summed E-state index contributed by atoms with van der Waals surface area (Å²) in [5.41, 5.74) is 12.4. The van der Waals surface area contributed by atoms with Crippen molar-refractivity contribution >= 4 is 28.3 Å². The van der Waals surface area contributed by atoms with Crippen LogP contribution in [0, 0.1) is 5.92 Å². The maximum atomic E-state index is 13.1. The van der Waals surface area contributed by atoms with Crippen molar-refractivity contribution in [2.75, 3.05) is 26.7 Å².